The maximum absolute atomic E-state index is 12.3. The molecule has 1 aliphatic heterocycles. The molecule has 0 N–H and O–H groups in total. The SMILES string of the molecule is O=C(OCc1ccccc1)N1CCC(c2ccc(-c3ccccc3)cn2)CC1. The highest BCUT2D eigenvalue weighted by atomic mass is 16.6. The van der Waals surface area contributed by atoms with Crippen LogP contribution in [0.3, 0.4) is 0 Å². The summed E-state index contributed by atoms with van der Waals surface area (Å²) >= 11 is 0. The summed E-state index contributed by atoms with van der Waals surface area (Å²) in [5.41, 5.74) is 4.43. The molecule has 0 aliphatic carbocycles. The van der Waals surface area contributed by atoms with E-state index in [1.54, 1.807) is 4.90 Å². The van der Waals surface area contributed by atoms with E-state index in [-0.39, 0.29) is 6.09 Å². The second kappa shape index (κ2) is 8.70. The van der Waals surface area contributed by atoms with Gasteiger partial charge in [0.05, 0.1) is 0 Å². The van der Waals surface area contributed by atoms with Crippen LogP contribution >= 0.6 is 0 Å². The number of benzene rings is 2. The molecule has 1 saturated heterocycles. The quantitative estimate of drug-likeness (QED) is 0.627. The van der Waals surface area contributed by atoms with Crippen molar-refractivity contribution in [2.45, 2.75) is 25.4 Å². The average molecular weight is 372 g/mol. The van der Waals surface area contributed by atoms with Gasteiger partial charge < -0.3 is 9.64 Å². The van der Waals surface area contributed by atoms with Gasteiger partial charge in [0.1, 0.15) is 6.61 Å². The molecule has 0 radical (unpaired) electrons. The Hall–Kier alpha value is -3.14. The first-order chi connectivity index (χ1) is 13.8. The highest BCUT2D eigenvalue weighted by Gasteiger charge is 2.25. The maximum atomic E-state index is 12.3. The van der Waals surface area contributed by atoms with Gasteiger partial charge in [-0.1, -0.05) is 66.7 Å². The molecule has 0 unspecified atom stereocenters. The summed E-state index contributed by atoms with van der Waals surface area (Å²) in [6.07, 6.45) is 3.55. The normalized spacial score (nSPS) is 14.6. The van der Waals surface area contributed by atoms with Gasteiger partial charge in [0.25, 0.3) is 0 Å². The van der Waals surface area contributed by atoms with E-state index in [0.717, 1.165) is 29.7 Å². The first-order valence-electron chi connectivity index (χ1n) is 9.76. The van der Waals surface area contributed by atoms with E-state index >= 15 is 0 Å². The zero-order valence-corrected chi connectivity index (χ0v) is 15.8. The molecule has 1 amide bonds. The first-order valence-corrected chi connectivity index (χ1v) is 9.76. The summed E-state index contributed by atoms with van der Waals surface area (Å²) in [5.74, 6) is 0.392. The van der Waals surface area contributed by atoms with Crippen LogP contribution in [-0.4, -0.2) is 29.1 Å². The third-order valence-corrected chi connectivity index (χ3v) is 5.27. The van der Waals surface area contributed by atoms with E-state index in [4.69, 9.17) is 4.74 Å². The summed E-state index contributed by atoms with van der Waals surface area (Å²) in [6, 6.07) is 24.3. The van der Waals surface area contributed by atoms with Crippen molar-refractivity contribution in [3.05, 3.63) is 90.3 Å². The van der Waals surface area contributed by atoms with Crippen molar-refractivity contribution in [2.75, 3.05) is 13.1 Å². The second-order valence-electron chi connectivity index (χ2n) is 7.14. The van der Waals surface area contributed by atoms with E-state index in [1.807, 2.05) is 54.7 Å². The van der Waals surface area contributed by atoms with Gasteiger partial charge in [-0.2, -0.15) is 0 Å². The van der Waals surface area contributed by atoms with Gasteiger partial charge >= 0.3 is 6.09 Å². The molecular formula is C24H24N2O2. The lowest BCUT2D eigenvalue weighted by Crippen LogP contribution is -2.38. The van der Waals surface area contributed by atoms with Gasteiger partial charge in [0.2, 0.25) is 0 Å². The monoisotopic (exact) mass is 372 g/mol. The first kappa shape index (κ1) is 18.2. The van der Waals surface area contributed by atoms with Crippen LogP contribution < -0.4 is 0 Å². The molecule has 0 bridgehead atoms. The van der Waals surface area contributed by atoms with E-state index in [2.05, 4.69) is 29.2 Å². The lowest BCUT2D eigenvalue weighted by atomic mass is 9.92. The van der Waals surface area contributed by atoms with Crippen molar-refractivity contribution in [1.29, 1.82) is 0 Å². The number of rotatable bonds is 4. The Labute approximate surface area is 165 Å². The van der Waals surface area contributed by atoms with E-state index in [0.29, 0.717) is 25.6 Å². The number of likely N-dealkylation sites (tertiary alicyclic amines) is 1. The number of carbonyl (C=O) groups is 1. The fourth-order valence-corrected chi connectivity index (χ4v) is 3.62. The minimum absolute atomic E-state index is 0.227. The molecule has 4 heteroatoms. The predicted molar refractivity (Wildman–Crippen MR) is 110 cm³/mol. The second-order valence-corrected chi connectivity index (χ2v) is 7.14. The Balaban J connectivity index is 1.29. The molecule has 4 rings (SSSR count). The van der Waals surface area contributed by atoms with E-state index in [9.17, 15) is 4.79 Å². The summed E-state index contributed by atoms with van der Waals surface area (Å²) < 4.78 is 5.44. The van der Waals surface area contributed by atoms with Crippen molar-refractivity contribution in [2.24, 2.45) is 0 Å². The van der Waals surface area contributed by atoms with Crippen LogP contribution in [0.5, 0.6) is 0 Å². The number of nitrogens with zero attached hydrogens (tertiary/aromatic N) is 2. The summed E-state index contributed by atoms with van der Waals surface area (Å²) in [4.78, 5) is 18.8. The van der Waals surface area contributed by atoms with Gasteiger partial charge in [0, 0.05) is 36.5 Å². The van der Waals surface area contributed by atoms with Crippen molar-refractivity contribution >= 4 is 6.09 Å². The minimum Gasteiger partial charge on any atom is -0.445 e. The lowest BCUT2D eigenvalue weighted by Gasteiger charge is -2.31. The molecule has 1 aromatic heterocycles. The largest absolute Gasteiger partial charge is 0.445 e. The van der Waals surface area contributed by atoms with Crippen molar-refractivity contribution in [3.8, 4) is 11.1 Å². The molecule has 0 spiro atoms. The Morgan fingerprint density at radius 1 is 0.893 bits per heavy atom. The summed E-state index contributed by atoms with van der Waals surface area (Å²) in [6.45, 7) is 1.74. The molecule has 2 heterocycles. The highest BCUT2D eigenvalue weighted by Crippen LogP contribution is 2.28. The highest BCUT2D eigenvalue weighted by molar-refractivity contribution is 5.67. The number of hydrogen-bond acceptors (Lipinski definition) is 3. The number of hydrogen-bond donors (Lipinski definition) is 0. The number of piperidine rings is 1. The molecule has 2 aromatic carbocycles. The van der Waals surface area contributed by atoms with Crippen molar-refractivity contribution in [3.63, 3.8) is 0 Å². The van der Waals surface area contributed by atoms with Crippen LogP contribution in [0.15, 0.2) is 79.0 Å². The molecule has 0 saturated carbocycles. The number of amides is 1. The van der Waals surface area contributed by atoms with Crippen LogP contribution in [0.2, 0.25) is 0 Å². The molecule has 0 atom stereocenters. The summed E-state index contributed by atoms with van der Waals surface area (Å²) in [7, 11) is 0. The van der Waals surface area contributed by atoms with Gasteiger partial charge in [0.15, 0.2) is 0 Å². The van der Waals surface area contributed by atoms with Gasteiger partial charge in [-0.05, 0) is 30.0 Å². The molecule has 1 fully saturated rings. The number of carbonyl (C=O) groups excluding carboxylic acids is 1. The van der Waals surface area contributed by atoms with Gasteiger partial charge in [-0.15, -0.1) is 0 Å². The Morgan fingerprint density at radius 2 is 1.57 bits per heavy atom. The van der Waals surface area contributed by atoms with Crippen molar-refractivity contribution in [1.82, 2.24) is 9.88 Å². The third-order valence-electron chi connectivity index (χ3n) is 5.27. The molecular weight excluding hydrogens is 348 g/mol. The van der Waals surface area contributed by atoms with Crippen molar-refractivity contribution < 1.29 is 9.53 Å². The Morgan fingerprint density at radius 3 is 2.21 bits per heavy atom. The fraction of sp³-hybridized carbons (Fsp3) is 0.250. The van der Waals surface area contributed by atoms with Gasteiger partial charge in [-0.25, -0.2) is 4.79 Å². The van der Waals surface area contributed by atoms with E-state index < -0.39 is 0 Å². The van der Waals surface area contributed by atoms with Gasteiger partial charge in [-0.3, -0.25) is 4.98 Å². The zero-order valence-electron chi connectivity index (χ0n) is 15.8. The number of aromatic nitrogens is 1. The molecule has 142 valence electrons. The van der Waals surface area contributed by atoms with Crippen LogP contribution in [0.25, 0.3) is 11.1 Å². The molecule has 1 aliphatic rings. The van der Waals surface area contributed by atoms with E-state index in [1.165, 1.54) is 5.56 Å². The van der Waals surface area contributed by atoms with Crippen LogP contribution in [0.1, 0.15) is 30.0 Å². The standard InChI is InChI=1S/C24H24N2O2/c27-24(28-18-19-7-3-1-4-8-19)26-15-13-21(14-16-26)23-12-11-22(17-25-23)20-9-5-2-6-10-20/h1-12,17,21H,13-16,18H2. The smallest absolute Gasteiger partial charge is 0.410 e. The lowest BCUT2D eigenvalue weighted by molar-refractivity contribution is 0.0868. The molecule has 4 nitrogen and oxygen atoms in total. The van der Waals surface area contributed by atoms with Crippen LogP contribution in [0, 0.1) is 0 Å². The third kappa shape index (κ3) is 4.39. The predicted octanol–water partition coefficient (Wildman–Crippen LogP) is 5.26. The number of pyridine rings is 1. The summed E-state index contributed by atoms with van der Waals surface area (Å²) in [5, 5.41) is 0. The van der Waals surface area contributed by atoms with Crippen LogP contribution in [0.4, 0.5) is 4.79 Å². The topological polar surface area (TPSA) is 42.4 Å². The molecule has 3 aromatic rings. The Kier molecular flexibility index (Phi) is 5.66. The average Bonchev–Trinajstić information content (AvgIpc) is 2.79. The zero-order chi connectivity index (χ0) is 19.2. The fourth-order valence-electron chi connectivity index (χ4n) is 3.62. The Bertz CT molecular complexity index is 887. The number of ether oxygens (including phenoxy) is 1. The molecule has 28 heavy (non-hydrogen) atoms. The maximum Gasteiger partial charge on any atom is 0.410 e. The van der Waals surface area contributed by atoms with Crippen LogP contribution in [-0.2, 0) is 11.3 Å². The minimum atomic E-state index is -0.227.